The summed E-state index contributed by atoms with van der Waals surface area (Å²) in [7, 11) is 0. The van der Waals surface area contributed by atoms with Gasteiger partial charge in [-0.15, -0.1) is 0 Å². The number of hydrogen-bond donors (Lipinski definition) is 0. The summed E-state index contributed by atoms with van der Waals surface area (Å²) in [6.07, 6.45) is 0. The Bertz CT molecular complexity index is 3590. The van der Waals surface area contributed by atoms with Gasteiger partial charge in [0.1, 0.15) is 0 Å². The van der Waals surface area contributed by atoms with E-state index >= 15 is 0 Å². The molecule has 0 unspecified atom stereocenters. The van der Waals surface area contributed by atoms with Crippen molar-refractivity contribution in [2.45, 2.75) is 0 Å². The van der Waals surface area contributed by atoms with Crippen LogP contribution in [-0.2, 0) is 0 Å². The van der Waals surface area contributed by atoms with Crippen LogP contribution in [0.4, 0.5) is 0 Å². The molecule has 0 N–H and O–H groups in total. The molecule has 0 aliphatic heterocycles. The van der Waals surface area contributed by atoms with Crippen molar-refractivity contribution in [3.8, 4) is 45.3 Å². The fourth-order valence-electron chi connectivity index (χ4n) is 9.23. The zero-order valence-corrected chi connectivity index (χ0v) is 31.4. The van der Waals surface area contributed by atoms with Crippen LogP contribution in [0.1, 0.15) is 0 Å². The molecule has 0 atom stereocenters. The Kier molecular flexibility index (Phi) is 7.23. The molecular weight excluding hydrogens is 703 g/mol. The minimum Gasteiger partial charge on any atom is -0.208 e. The first-order valence-corrected chi connectivity index (χ1v) is 19.8. The van der Waals surface area contributed by atoms with Gasteiger partial charge in [0, 0.05) is 16.7 Å². The second kappa shape index (κ2) is 12.9. The van der Waals surface area contributed by atoms with Crippen LogP contribution in [0.15, 0.2) is 200 Å². The van der Waals surface area contributed by atoms with Gasteiger partial charge in [-0.05, 0) is 105 Å². The third-order valence-corrected chi connectivity index (χ3v) is 11.8. The third kappa shape index (κ3) is 5.04. The van der Waals surface area contributed by atoms with Crippen molar-refractivity contribution >= 4 is 75.4 Å². The molecule has 1 aromatic heterocycles. The zero-order valence-electron chi connectivity index (χ0n) is 31.4. The van der Waals surface area contributed by atoms with E-state index < -0.39 is 0 Å². The number of fused-ring (bicyclic) bond motifs is 14. The summed E-state index contributed by atoms with van der Waals surface area (Å²) in [5.74, 6) is 1.92. The highest BCUT2D eigenvalue weighted by Gasteiger charge is 2.18. The summed E-state index contributed by atoms with van der Waals surface area (Å²) in [5, 5.41) is 17.4. The quantitative estimate of drug-likeness (QED) is 0.169. The molecule has 0 fully saturated rings. The molecule has 58 heavy (non-hydrogen) atoms. The summed E-state index contributed by atoms with van der Waals surface area (Å²) < 4.78 is 0. The van der Waals surface area contributed by atoms with E-state index in [2.05, 4.69) is 182 Å². The van der Waals surface area contributed by atoms with Crippen molar-refractivity contribution in [2.24, 2.45) is 0 Å². The van der Waals surface area contributed by atoms with Gasteiger partial charge in [-0.3, -0.25) is 0 Å². The Morgan fingerprint density at radius 3 is 1.17 bits per heavy atom. The van der Waals surface area contributed by atoms with E-state index in [1.165, 1.54) is 81.0 Å². The van der Waals surface area contributed by atoms with Crippen LogP contribution in [-0.4, -0.2) is 15.0 Å². The largest absolute Gasteiger partial charge is 0.208 e. The van der Waals surface area contributed by atoms with E-state index in [-0.39, 0.29) is 0 Å². The minimum absolute atomic E-state index is 0.635. The predicted molar refractivity (Wildman–Crippen MR) is 244 cm³/mol. The van der Waals surface area contributed by atoms with Crippen LogP contribution in [0, 0.1) is 0 Å². The second-order valence-electron chi connectivity index (χ2n) is 15.1. The van der Waals surface area contributed by atoms with E-state index in [4.69, 9.17) is 15.0 Å². The van der Waals surface area contributed by atoms with E-state index in [1.807, 2.05) is 18.2 Å². The molecule has 3 heteroatoms. The first kappa shape index (κ1) is 32.5. The molecule has 3 nitrogen and oxygen atoms in total. The molecule has 1 heterocycles. The molecule has 0 spiro atoms. The summed E-state index contributed by atoms with van der Waals surface area (Å²) in [4.78, 5) is 15.5. The molecule has 0 radical (unpaired) electrons. The molecule has 0 bridgehead atoms. The molecule has 0 saturated carbocycles. The summed E-state index contributed by atoms with van der Waals surface area (Å²) >= 11 is 0. The number of rotatable bonds is 4. The van der Waals surface area contributed by atoms with E-state index in [9.17, 15) is 0 Å². The maximum Gasteiger partial charge on any atom is 0.164 e. The van der Waals surface area contributed by atoms with Crippen molar-refractivity contribution < 1.29 is 0 Å². The Balaban J connectivity index is 1.08. The fourth-order valence-corrected chi connectivity index (χ4v) is 9.23. The van der Waals surface area contributed by atoms with Gasteiger partial charge in [0.25, 0.3) is 0 Å². The number of benzene rings is 11. The maximum atomic E-state index is 5.25. The zero-order chi connectivity index (χ0) is 38.2. The van der Waals surface area contributed by atoms with Crippen LogP contribution in [0.3, 0.4) is 0 Å². The number of hydrogen-bond acceptors (Lipinski definition) is 3. The normalized spacial score (nSPS) is 11.8. The highest BCUT2D eigenvalue weighted by atomic mass is 15.0. The van der Waals surface area contributed by atoms with Gasteiger partial charge >= 0.3 is 0 Å². The average molecular weight is 736 g/mol. The van der Waals surface area contributed by atoms with Crippen LogP contribution in [0.2, 0.25) is 0 Å². The minimum atomic E-state index is 0.635. The Morgan fingerprint density at radius 2 is 0.586 bits per heavy atom. The predicted octanol–water partition coefficient (Wildman–Crippen LogP) is 14.6. The molecule has 0 aliphatic carbocycles. The van der Waals surface area contributed by atoms with Gasteiger partial charge in [-0.1, -0.05) is 182 Å². The van der Waals surface area contributed by atoms with Gasteiger partial charge in [-0.25, -0.2) is 15.0 Å². The number of nitrogens with zero attached hydrogens (tertiary/aromatic N) is 3. The smallest absolute Gasteiger partial charge is 0.164 e. The molecular formula is C55H33N3. The molecule has 0 saturated heterocycles. The van der Waals surface area contributed by atoms with Crippen LogP contribution >= 0.6 is 0 Å². The lowest BCUT2D eigenvalue weighted by Crippen LogP contribution is -2.00. The van der Waals surface area contributed by atoms with Crippen molar-refractivity contribution in [1.82, 2.24) is 15.0 Å². The summed E-state index contributed by atoms with van der Waals surface area (Å²) in [5.41, 5.74) is 5.12. The summed E-state index contributed by atoms with van der Waals surface area (Å²) in [6, 6.07) is 71.7. The van der Waals surface area contributed by atoms with Gasteiger partial charge < -0.3 is 0 Å². The van der Waals surface area contributed by atoms with Gasteiger partial charge in [0.05, 0.1) is 0 Å². The van der Waals surface area contributed by atoms with Gasteiger partial charge in [-0.2, -0.15) is 0 Å². The fraction of sp³-hybridized carbons (Fsp3) is 0. The van der Waals surface area contributed by atoms with Crippen molar-refractivity contribution in [2.75, 3.05) is 0 Å². The lowest BCUT2D eigenvalue weighted by Gasteiger charge is -2.16. The molecule has 12 rings (SSSR count). The Labute approximate surface area is 334 Å². The summed E-state index contributed by atoms with van der Waals surface area (Å²) in [6.45, 7) is 0. The van der Waals surface area contributed by atoms with Gasteiger partial charge in [0.15, 0.2) is 17.5 Å². The highest BCUT2D eigenvalue weighted by molar-refractivity contribution is 6.33. The van der Waals surface area contributed by atoms with Crippen molar-refractivity contribution in [1.29, 1.82) is 0 Å². The Morgan fingerprint density at radius 1 is 0.207 bits per heavy atom. The lowest BCUT2D eigenvalue weighted by molar-refractivity contribution is 1.07. The second-order valence-corrected chi connectivity index (χ2v) is 15.1. The Hall–Kier alpha value is -7.75. The van der Waals surface area contributed by atoms with Crippen molar-refractivity contribution in [3.63, 3.8) is 0 Å². The van der Waals surface area contributed by atoms with E-state index in [0.29, 0.717) is 17.5 Å². The third-order valence-electron chi connectivity index (χ3n) is 11.8. The SMILES string of the molecule is c1ccc(-c2nc(-c3cccc(-c4cc5c6ccccc6c6ccccc6c5c5ccccc45)c3)nc(-c3ccc4c5ccccc5c5ccccc5c4c3)n2)cc1. The molecule has 0 aliphatic rings. The average Bonchev–Trinajstić information content (AvgIpc) is 3.31. The first-order chi connectivity index (χ1) is 28.8. The van der Waals surface area contributed by atoms with Crippen LogP contribution in [0.25, 0.3) is 121 Å². The van der Waals surface area contributed by atoms with Gasteiger partial charge in [0.2, 0.25) is 0 Å². The number of aromatic nitrogens is 3. The van der Waals surface area contributed by atoms with Crippen LogP contribution < -0.4 is 0 Å². The standard InChI is InChI=1S/C55H33N3/c1-2-15-34(16-3-1)53-56-54(58-55(57-53)37-29-30-46-40-21-5-4-19-38(40)39-20-6-8-24-43(39)50(46)32-37)36-18-14-17-35(31-36)49-33-51-44-25-9-7-22-41(44)42-23-10-12-27-47(42)52(51)48-28-13-11-26-45(48)49/h1-33H. The monoisotopic (exact) mass is 735 g/mol. The molecule has 12 aromatic rings. The van der Waals surface area contributed by atoms with Crippen LogP contribution in [0.5, 0.6) is 0 Å². The van der Waals surface area contributed by atoms with E-state index in [1.54, 1.807) is 0 Å². The molecule has 268 valence electrons. The van der Waals surface area contributed by atoms with E-state index in [0.717, 1.165) is 22.3 Å². The molecule has 11 aromatic carbocycles. The highest BCUT2D eigenvalue weighted by Crippen LogP contribution is 2.43. The first-order valence-electron chi connectivity index (χ1n) is 19.8. The topological polar surface area (TPSA) is 38.7 Å². The maximum absolute atomic E-state index is 5.25. The van der Waals surface area contributed by atoms with Crippen molar-refractivity contribution in [3.05, 3.63) is 200 Å². The molecule has 0 amide bonds. The lowest BCUT2D eigenvalue weighted by atomic mass is 9.87.